The highest BCUT2D eigenvalue weighted by Crippen LogP contribution is 2.35. The van der Waals surface area contributed by atoms with Gasteiger partial charge in [0.05, 0.1) is 17.9 Å². The molecule has 9 nitrogen and oxygen atoms in total. The predicted octanol–water partition coefficient (Wildman–Crippen LogP) is 2.47. The molecule has 9 heteroatoms. The van der Waals surface area contributed by atoms with E-state index >= 15 is 0 Å². The van der Waals surface area contributed by atoms with Crippen molar-refractivity contribution in [2.75, 3.05) is 0 Å². The van der Waals surface area contributed by atoms with Gasteiger partial charge in [0.2, 0.25) is 11.7 Å². The van der Waals surface area contributed by atoms with Crippen LogP contribution in [-0.4, -0.2) is 39.6 Å². The van der Waals surface area contributed by atoms with E-state index in [9.17, 15) is 5.11 Å². The third kappa shape index (κ3) is 2.40. The van der Waals surface area contributed by atoms with Gasteiger partial charge >= 0.3 is 0 Å². The first kappa shape index (κ1) is 16.8. The van der Waals surface area contributed by atoms with E-state index in [1.807, 2.05) is 42.0 Å². The number of hydrogen-bond acceptors (Lipinski definition) is 7. The molecule has 4 aromatic rings. The number of fused-ring (bicyclic) bond motifs is 5. The lowest BCUT2D eigenvalue weighted by molar-refractivity contribution is 0.265. The van der Waals surface area contributed by atoms with Gasteiger partial charge < -0.3 is 14.2 Å². The average Bonchev–Trinajstić information content (AvgIpc) is 3.38. The maximum atomic E-state index is 9.74. The molecule has 0 unspecified atom stereocenters. The first-order chi connectivity index (χ1) is 13.6. The largest absolute Gasteiger partial charge is 0.388 e. The average molecular weight is 377 g/mol. The van der Waals surface area contributed by atoms with Gasteiger partial charge in [-0.3, -0.25) is 4.57 Å². The van der Waals surface area contributed by atoms with Crippen molar-refractivity contribution in [1.29, 1.82) is 0 Å². The van der Waals surface area contributed by atoms with Crippen LogP contribution >= 0.6 is 0 Å². The molecule has 3 aromatic heterocycles. The van der Waals surface area contributed by atoms with Crippen LogP contribution in [0.25, 0.3) is 28.6 Å². The summed E-state index contributed by atoms with van der Waals surface area (Å²) < 4.78 is 9.30. The summed E-state index contributed by atoms with van der Waals surface area (Å²) in [6, 6.07) is 6.15. The van der Waals surface area contributed by atoms with Gasteiger partial charge in [0, 0.05) is 11.5 Å². The third-order valence-corrected chi connectivity index (χ3v) is 4.94. The summed E-state index contributed by atoms with van der Waals surface area (Å²) in [5.41, 5.74) is 4.53. The van der Waals surface area contributed by atoms with Crippen LogP contribution < -0.4 is 0 Å². The highest BCUT2D eigenvalue weighted by atomic mass is 16.5. The van der Waals surface area contributed by atoms with E-state index in [0.29, 0.717) is 35.6 Å². The van der Waals surface area contributed by atoms with Crippen molar-refractivity contribution in [3.8, 4) is 28.6 Å². The van der Waals surface area contributed by atoms with E-state index < -0.39 is 0 Å². The molecule has 4 heterocycles. The van der Waals surface area contributed by atoms with Crippen LogP contribution in [0.15, 0.2) is 29.0 Å². The Morgan fingerprint density at radius 2 is 2.11 bits per heavy atom. The van der Waals surface area contributed by atoms with Crippen LogP contribution in [0, 0.1) is 6.92 Å². The minimum absolute atomic E-state index is 0.136. The third-order valence-electron chi connectivity index (χ3n) is 4.94. The number of aromatic nitrogens is 7. The van der Waals surface area contributed by atoms with E-state index in [1.165, 1.54) is 0 Å². The first-order valence-corrected chi connectivity index (χ1v) is 9.11. The van der Waals surface area contributed by atoms with E-state index in [0.717, 1.165) is 22.5 Å². The van der Waals surface area contributed by atoms with Gasteiger partial charge in [0.25, 0.3) is 0 Å². The summed E-state index contributed by atoms with van der Waals surface area (Å²) in [6.45, 7) is 6.27. The monoisotopic (exact) mass is 377 g/mol. The quantitative estimate of drug-likeness (QED) is 0.514. The smallest absolute Gasteiger partial charge is 0.229 e. The lowest BCUT2D eigenvalue weighted by atomic mass is 10.1. The molecule has 0 fully saturated rings. The number of rotatable bonds is 3. The molecule has 0 aliphatic carbocycles. The Labute approximate surface area is 160 Å². The van der Waals surface area contributed by atoms with Gasteiger partial charge in [-0.05, 0) is 19.1 Å². The Bertz CT molecular complexity index is 1190. The first-order valence-electron chi connectivity index (χ1n) is 9.11. The summed E-state index contributed by atoms with van der Waals surface area (Å²) in [5.74, 6) is 2.37. The maximum Gasteiger partial charge on any atom is 0.229 e. The van der Waals surface area contributed by atoms with Crippen LogP contribution in [0.4, 0.5) is 0 Å². The molecule has 28 heavy (non-hydrogen) atoms. The minimum Gasteiger partial charge on any atom is -0.388 e. The number of aliphatic hydroxyl groups is 1. The molecule has 0 spiro atoms. The van der Waals surface area contributed by atoms with E-state index in [1.54, 1.807) is 6.33 Å². The van der Waals surface area contributed by atoms with Crippen LogP contribution in [0.1, 0.15) is 42.7 Å². The fourth-order valence-corrected chi connectivity index (χ4v) is 3.49. The number of imidazole rings is 1. The predicted molar refractivity (Wildman–Crippen MR) is 99.7 cm³/mol. The molecule has 0 saturated carbocycles. The topological polar surface area (TPSA) is 108 Å². The van der Waals surface area contributed by atoms with Gasteiger partial charge in [0.1, 0.15) is 18.6 Å². The molecule has 0 radical (unpaired) electrons. The number of nitrogens with zero attached hydrogens (tertiary/aromatic N) is 7. The summed E-state index contributed by atoms with van der Waals surface area (Å²) in [6.07, 6.45) is 1.77. The molecule has 1 N–H and O–H groups in total. The molecule has 1 aliphatic heterocycles. The normalized spacial score (nSPS) is 12.6. The van der Waals surface area contributed by atoms with Gasteiger partial charge in [-0.2, -0.15) is 4.98 Å². The van der Waals surface area contributed by atoms with Crippen molar-refractivity contribution in [3.63, 3.8) is 0 Å². The molecule has 142 valence electrons. The molecule has 0 bridgehead atoms. The van der Waals surface area contributed by atoms with Crippen molar-refractivity contribution in [3.05, 3.63) is 47.5 Å². The Morgan fingerprint density at radius 3 is 2.86 bits per heavy atom. The molecule has 1 aliphatic rings. The van der Waals surface area contributed by atoms with Gasteiger partial charge in [-0.15, -0.1) is 10.2 Å². The zero-order chi connectivity index (χ0) is 19.4. The van der Waals surface area contributed by atoms with Crippen molar-refractivity contribution in [2.45, 2.75) is 39.8 Å². The van der Waals surface area contributed by atoms with Crippen LogP contribution in [-0.2, 0) is 13.2 Å². The standard InChI is InChI=1S/C19H19N7O2/c1-10(2)19-21-17(24-28-19)16-14-7-25-15(8-27)22-23-18(25)12-6-11(3)4-5-13(12)26(14)9-20-16/h4-6,9-10,27H,7-8H2,1-3H3. The lowest BCUT2D eigenvalue weighted by Gasteiger charge is -2.09. The SMILES string of the molecule is Cc1ccc2c(c1)-c1nnc(CO)n1Cc1c(-c3noc(C(C)C)n3)ncn1-2. The van der Waals surface area contributed by atoms with Crippen molar-refractivity contribution in [1.82, 2.24) is 34.5 Å². The zero-order valence-corrected chi connectivity index (χ0v) is 15.8. The van der Waals surface area contributed by atoms with Gasteiger partial charge in [-0.25, -0.2) is 4.98 Å². The summed E-state index contributed by atoms with van der Waals surface area (Å²) in [4.78, 5) is 9.08. The van der Waals surface area contributed by atoms with Gasteiger partial charge in [-0.1, -0.05) is 30.6 Å². The maximum absolute atomic E-state index is 9.74. The molecule has 0 saturated heterocycles. The van der Waals surface area contributed by atoms with Crippen LogP contribution in [0.3, 0.4) is 0 Å². The highest BCUT2D eigenvalue weighted by Gasteiger charge is 2.27. The van der Waals surface area contributed by atoms with Gasteiger partial charge in [0.15, 0.2) is 11.6 Å². The minimum atomic E-state index is -0.197. The molecule has 5 rings (SSSR count). The molecule has 0 atom stereocenters. The molecular weight excluding hydrogens is 358 g/mol. The lowest BCUT2D eigenvalue weighted by Crippen LogP contribution is -2.08. The Kier molecular flexibility index (Phi) is 3.66. The van der Waals surface area contributed by atoms with E-state index in [2.05, 4.69) is 31.4 Å². The second-order valence-corrected chi connectivity index (χ2v) is 7.23. The molecule has 0 amide bonds. The number of aryl methyl sites for hydroxylation is 1. The van der Waals surface area contributed by atoms with Crippen LogP contribution in [0.2, 0.25) is 0 Å². The second kappa shape index (κ2) is 6.10. The fourth-order valence-electron chi connectivity index (χ4n) is 3.49. The Hall–Kier alpha value is -3.33. The number of benzene rings is 1. The highest BCUT2D eigenvalue weighted by molar-refractivity contribution is 5.71. The Morgan fingerprint density at radius 1 is 1.25 bits per heavy atom. The Balaban J connectivity index is 1.76. The van der Waals surface area contributed by atoms with E-state index in [-0.39, 0.29) is 12.5 Å². The second-order valence-electron chi connectivity index (χ2n) is 7.23. The fraction of sp³-hybridized carbons (Fsp3) is 0.316. The molecule has 1 aromatic carbocycles. The van der Waals surface area contributed by atoms with Crippen molar-refractivity contribution < 1.29 is 9.63 Å². The molecular formula is C19H19N7O2. The number of hydrogen-bond donors (Lipinski definition) is 1. The van der Waals surface area contributed by atoms with Crippen molar-refractivity contribution in [2.24, 2.45) is 0 Å². The summed E-state index contributed by atoms with van der Waals surface area (Å²) >= 11 is 0. The summed E-state index contributed by atoms with van der Waals surface area (Å²) in [5, 5.41) is 22.4. The zero-order valence-electron chi connectivity index (χ0n) is 15.8. The van der Waals surface area contributed by atoms with Crippen molar-refractivity contribution >= 4 is 0 Å². The van der Waals surface area contributed by atoms with E-state index in [4.69, 9.17) is 4.52 Å². The number of aliphatic hydroxyl groups excluding tert-OH is 1. The van der Waals surface area contributed by atoms with Crippen LogP contribution in [0.5, 0.6) is 0 Å². The summed E-state index contributed by atoms with van der Waals surface area (Å²) in [7, 11) is 0.